The van der Waals surface area contributed by atoms with Crippen molar-refractivity contribution in [2.45, 2.75) is 211 Å². The van der Waals surface area contributed by atoms with Crippen molar-refractivity contribution in [3.05, 3.63) is 92.1 Å². The molecule has 6 heteroatoms. The molecule has 5 heterocycles. The lowest BCUT2D eigenvalue weighted by molar-refractivity contribution is -0.114. The van der Waals surface area contributed by atoms with Crippen molar-refractivity contribution in [2.75, 3.05) is 0 Å². The van der Waals surface area contributed by atoms with Gasteiger partial charge < -0.3 is 9.97 Å². The highest BCUT2D eigenvalue weighted by Gasteiger charge is 2.31. The maximum atomic E-state index is 12.8. The van der Waals surface area contributed by atoms with Crippen LogP contribution in [0.25, 0.3) is 33.2 Å². The summed E-state index contributed by atoms with van der Waals surface area (Å²) in [6, 6.07) is 4.71. The highest BCUT2D eigenvalue weighted by Crippen LogP contribution is 2.43. The minimum absolute atomic E-state index is 0.0593. The number of carbonyl (C=O) groups is 2. The summed E-state index contributed by atoms with van der Waals surface area (Å²) in [5.74, 6) is 3.28. The third-order valence-corrected chi connectivity index (χ3v) is 15.8. The van der Waals surface area contributed by atoms with E-state index in [0.29, 0.717) is 17.9 Å². The summed E-state index contributed by atoms with van der Waals surface area (Å²) in [5, 5.41) is 0. The van der Waals surface area contributed by atoms with Gasteiger partial charge in [0, 0.05) is 56.4 Å². The maximum absolute atomic E-state index is 12.8. The number of hydrogen-bond donors (Lipinski definition) is 2. The Hall–Kier alpha value is -4.32. The highest BCUT2D eigenvalue weighted by atomic mass is 16.1. The normalized spacial score (nSPS) is 17.9. The first-order valence-electron chi connectivity index (χ1n) is 26.5. The van der Waals surface area contributed by atoms with Crippen molar-refractivity contribution in [1.29, 1.82) is 0 Å². The summed E-state index contributed by atoms with van der Waals surface area (Å²) in [6.07, 6.45) is 23.1. The van der Waals surface area contributed by atoms with Gasteiger partial charge in [0.15, 0.2) is 11.6 Å². The minimum atomic E-state index is -0.109. The number of hydrogen-bond acceptors (Lipinski definition) is 4. The molecule has 5 atom stereocenters. The predicted octanol–water partition coefficient (Wildman–Crippen LogP) is 16.3. The first-order valence-corrected chi connectivity index (χ1v) is 26.5. The molecule has 0 saturated carbocycles. The van der Waals surface area contributed by atoms with Gasteiger partial charge in [0.25, 0.3) is 0 Å². The molecule has 3 aromatic heterocycles. The van der Waals surface area contributed by atoms with Gasteiger partial charge in [0.1, 0.15) is 0 Å². The fourth-order valence-corrected chi connectivity index (χ4v) is 11.8. The van der Waals surface area contributed by atoms with Crippen LogP contribution in [0.2, 0.25) is 0 Å². The Morgan fingerprint density at radius 2 is 1.21 bits per heavy atom. The monoisotopic (exact) mass is 895 g/mol. The van der Waals surface area contributed by atoms with Crippen LogP contribution in [0.1, 0.15) is 228 Å². The number of aryl methyl sites for hydroxylation is 5. The summed E-state index contributed by atoms with van der Waals surface area (Å²) in [6.45, 7) is 30.5. The summed E-state index contributed by atoms with van der Waals surface area (Å²) in [4.78, 5) is 44.4. The van der Waals surface area contributed by atoms with Crippen LogP contribution < -0.4 is 0 Å². The van der Waals surface area contributed by atoms with Crippen LogP contribution in [0, 0.1) is 37.5 Å². The van der Waals surface area contributed by atoms with Crippen LogP contribution in [-0.4, -0.2) is 31.5 Å². The molecule has 0 amide bonds. The molecule has 0 aromatic carbocycles. The van der Waals surface area contributed by atoms with Gasteiger partial charge in [-0.2, -0.15) is 0 Å². The molecule has 3 aromatic rings. The van der Waals surface area contributed by atoms with Gasteiger partial charge in [-0.15, -0.1) is 0 Å². The van der Waals surface area contributed by atoms with Crippen molar-refractivity contribution in [2.24, 2.45) is 23.7 Å². The second kappa shape index (κ2) is 23.1. The molecule has 6 rings (SSSR count). The first kappa shape index (κ1) is 51.1. The van der Waals surface area contributed by atoms with Crippen molar-refractivity contribution in [3.63, 3.8) is 0 Å². The Kier molecular flexibility index (Phi) is 17.9. The van der Waals surface area contributed by atoms with E-state index >= 15 is 0 Å². The van der Waals surface area contributed by atoms with Crippen LogP contribution in [0.15, 0.2) is 35.9 Å². The fourth-order valence-electron chi connectivity index (χ4n) is 11.8. The molecular formula is C60H86N4O2. The lowest BCUT2D eigenvalue weighted by atomic mass is 9.86. The standard InChI is InChI=1S/C60H86N4O2/c1-14-46-40(10)57-50(29-21-28-44-33-45(65)30-31-56(44)66)58-41(11)47(15-2)53(62-58)35-55-49(17-4)43(13)60(64-55)51(59-42(12)48(16-3)54(63-59)34-52(46)61-57)32-39(9)27-20-26-38(8)25-19-24-37(7)23-18-22-36(5)6/h30-31,33-40,46,62-63H,14-29,32H2,1-13H3. The molecule has 6 nitrogen and oxygen atoms in total. The summed E-state index contributed by atoms with van der Waals surface area (Å²) in [5.41, 5.74) is 20.2. The molecule has 0 fully saturated rings. The van der Waals surface area contributed by atoms with Crippen molar-refractivity contribution >= 4 is 44.8 Å². The van der Waals surface area contributed by atoms with E-state index in [1.54, 1.807) is 0 Å². The van der Waals surface area contributed by atoms with Gasteiger partial charge >= 0.3 is 0 Å². The summed E-state index contributed by atoms with van der Waals surface area (Å²) >= 11 is 0. The molecule has 3 aliphatic rings. The topological polar surface area (TPSA) is 91.5 Å². The number of aromatic nitrogens is 4. The number of allylic oxidation sites excluding steroid dienone is 6. The zero-order valence-electron chi connectivity index (χ0n) is 43.6. The Bertz CT molecular complexity index is 2490. The number of ketones is 2. The van der Waals surface area contributed by atoms with Gasteiger partial charge in [-0.25, -0.2) is 4.98 Å². The molecule has 2 N–H and O–H groups in total. The van der Waals surface area contributed by atoms with E-state index in [9.17, 15) is 9.59 Å². The van der Waals surface area contributed by atoms with Crippen molar-refractivity contribution < 1.29 is 9.59 Å². The van der Waals surface area contributed by atoms with Crippen LogP contribution >= 0.6 is 0 Å². The number of carbonyl (C=O) groups excluding carboxylic acids is 2. The van der Waals surface area contributed by atoms with Gasteiger partial charge in [0.05, 0.1) is 11.4 Å². The quantitative estimate of drug-likeness (QED) is 0.0983. The van der Waals surface area contributed by atoms with E-state index in [4.69, 9.17) is 9.97 Å². The molecule has 1 aliphatic carbocycles. The first-order chi connectivity index (χ1) is 31.6. The van der Waals surface area contributed by atoms with E-state index < -0.39 is 0 Å². The number of nitrogens with one attached hydrogen (secondary N) is 2. The summed E-state index contributed by atoms with van der Waals surface area (Å²) in [7, 11) is 0. The Balaban J connectivity index is 1.43. The van der Waals surface area contributed by atoms with Crippen LogP contribution in [0.3, 0.4) is 0 Å². The lowest BCUT2D eigenvalue weighted by Gasteiger charge is -2.17. The van der Waals surface area contributed by atoms with Crippen LogP contribution in [0.4, 0.5) is 0 Å². The highest BCUT2D eigenvalue weighted by molar-refractivity contribution is 6.17. The van der Waals surface area contributed by atoms with E-state index in [2.05, 4.69) is 112 Å². The SMILES string of the molecule is CCC1=C(C)c2nc1cc1[nH]c(c(C)c1CC)c(CCCC1=CC(=O)C=CC1=O)c1nc(cc3[nH]c(c(C)c3CC)c2CC(C)CCCC(C)CCCC(C)CCCC(C)C)C(CC)C1C. The molecule has 0 spiro atoms. The fraction of sp³-hybridized carbons (Fsp3) is 0.600. The van der Waals surface area contributed by atoms with Gasteiger partial charge in [-0.05, 0) is 165 Å². The van der Waals surface area contributed by atoms with E-state index in [1.165, 1.54) is 132 Å². The van der Waals surface area contributed by atoms with Gasteiger partial charge in [-0.3, -0.25) is 14.6 Å². The smallest absolute Gasteiger partial charge is 0.182 e. The molecule has 8 bridgehead atoms. The third-order valence-electron chi connectivity index (χ3n) is 15.8. The molecular weight excluding hydrogens is 809 g/mol. The Morgan fingerprint density at radius 3 is 1.79 bits per heavy atom. The third kappa shape index (κ3) is 11.7. The number of H-pyrrole nitrogens is 2. The van der Waals surface area contributed by atoms with E-state index in [-0.39, 0.29) is 23.4 Å². The maximum Gasteiger partial charge on any atom is 0.182 e. The Morgan fingerprint density at radius 1 is 0.636 bits per heavy atom. The Labute approximate surface area is 399 Å². The number of nitrogens with zero attached hydrogens (tertiary/aromatic N) is 2. The second-order valence-electron chi connectivity index (χ2n) is 21.3. The zero-order valence-corrected chi connectivity index (χ0v) is 43.6. The average molecular weight is 895 g/mol. The summed E-state index contributed by atoms with van der Waals surface area (Å²) < 4.78 is 0. The molecule has 0 radical (unpaired) electrons. The second-order valence-corrected chi connectivity index (χ2v) is 21.3. The number of aromatic amines is 2. The molecule has 5 unspecified atom stereocenters. The van der Waals surface area contributed by atoms with Crippen LogP contribution in [0.5, 0.6) is 0 Å². The zero-order chi connectivity index (χ0) is 47.8. The molecule has 0 saturated heterocycles. The number of fused-ring (bicyclic) bond motifs is 8. The average Bonchev–Trinajstić information content (AvgIpc) is 3.97. The molecule has 66 heavy (non-hydrogen) atoms. The van der Waals surface area contributed by atoms with Crippen LogP contribution in [-0.2, 0) is 35.3 Å². The minimum Gasteiger partial charge on any atom is -0.355 e. The van der Waals surface area contributed by atoms with Gasteiger partial charge in [0.2, 0.25) is 0 Å². The number of rotatable bonds is 22. The molecule has 358 valence electrons. The van der Waals surface area contributed by atoms with E-state index in [0.717, 1.165) is 96.5 Å². The predicted molar refractivity (Wildman–Crippen MR) is 281 cm³/mol. The van der Waals surface area contributed by atoms with Crippen molar-refractivity contribution in [3.8, 4) is 0 Å². The van der Waals surface area contributed by atoms with Crippen molar-refractivity contribution in [1.82, 2.24) is 19.9 Å². The largest absolute Gasteiger partial charge is 0.355 e. The van der Waals surface area contributed by atoms with E-state index in [1.807, 2.05) is 0 Å². The molecule has 2 aliphatic heterocycles. The lowest BCUT2D eigenvalue weighted by Crippen LogP contribution is -2.08. The van der Waals surface area contributed by atoms with Gasteiger partial charge in [-0.1, -0.05) is 127 Å².